The zero-order chi connectivity index (χ0) is 22.1. The van der Waals surface area contributed by atoms with E-state index in [0.29, 0.717) is 23.7 Å². The summed E-state index contributed by atoms with van der Waals surface area (Å²) in [5.41, 5.74) is 1.03. The molecule has 2 heterocycles. The number of nitrogens with zero attached hydrogens (tertiary/aromatic N) is 3. The number of aryl methyl sites for hydroxylation is 2. The normalized spacial score (nSPS) is 20.6. The molecule has 2 aromatic heterocycles. The first-order valence-electron chi connectivity index (χ1n) is 10.4. The van der Waals surface area contributed by atoms with Crippen LogP contribution in [0.15, 0.2) is 16.9 Å². The van der Waals surface area contributed by atoms with Crippen molar-refractivity contribution in [1.82, 2.24) is 25.1 Å². The molecule has 0 saturated heterocycles. The SMILES string of the molecule is CCc1cc(=O)[nH]c(-n2nc(C)cc2NC(=O)C(=O)N[C@@H]2C[C@@H](C)CC(C)(C)C2)n1. The van der Waals surface area contributed by atoms with Gasteiger partial charge in [-0.05, 0) is 43.9 Å². The lowest BCUT2D eigenvalue weighted by atomic mass is 9.70. The van der Waals surface area contributed by atoms with Gasteiger partial charge in [-0.1, -0.05) is 27.7 Å². The highest BCUT2D eigenvalue weighted by atomic mass is 16.2. The number of rotatable bonds is 4. The monoisotopic (exact) mass is 414 g/mol. The third kappa shape index (κ3) is 5.14. The van der Waals surface area contributed by atoms with Crippen molar-refractivity contribution in [2.45, 2.75) is 66.3 Å². The van der Waals surface area contributed by atoms with E-state index in [-0.39, 0.29) is 28.8 Å². The van der Waals surface area contributed by atoms with Gasteiger partial charge in [-0.2, -0.15) is 9.78 Å². The molecule has 0 aromatic carbocycles. The Bertz CT molecular complexity index is 1010. The Morgan fingerprint density at radius 3 is 2.67 bits per heavy atom. The first-order chi connectivity index (χ1) is 14.1. The average molecular weight is 415 g/mol. The summed E-state index contributed by atoms with van der Waals surface area (Å²) in [6.07, 6.45) is 3.38. The van der Waals surface area contributed by atoms with Gasteiger partial charge in [0.2, 0.25) is 5.95 Å². The Morgan fingerprint density at radius 1 is 1.27 bits per heavy atom. The van der Waals surface area contributed by atoms with Crippen LogP contribution in [-0.4, -0.2) is 37.6 Å². The zero-order valence-corrected chi connectivity index (χ0v) is 18.2. The maximum atomic E-state index is 12.6. The van der Waals surface area contributed by atoms with Crippen molar-refractivity contribution in [2.75, 3.05) is 5.32 Å². The fraction of sp³-hybridized carbons (Fsp3) is 0.571. The second kappa shape index (κ2) is 8.41. The van der Waals surface area contributed by atoms with Crippen LogP contribution >= 0.6 is 0 Å². The number of carbonyl (C=O) groups excluding carboxylic acids is 2. The fourth-order valence-corrected chi connectivity index (χ4v) is 4.41. The lowest BCUT2D eigenvalue weighted by Crippen LogP contribution is -2.46. The van der Waals surface area contributed by atoms with Crippen LogP contribution in [0.4, 0.5) is 5.82 Å². The molecule has 9 heteroatoms. The van der Waals surface area contributed by atoms with E-state index in [2.05, 4.69) is 46.5 Å². The molecule has 9 nitrogen and oxygen atoms in total. The Morgan fingerprint density at radius 2 is 2.00 bits per heavy atom. The molecule has 1 saturated carbocycles. The minimum atomic E-state index is -0.777. The van der Waals surface area contributed by atoms with Gasteiger partial charge in [0.25, 0.3) is 5.56 Å². The van der Waals surface area contributed by atoms with E-state index < -0.39 is 11.8 Å². The van der Waals surface area contributed by atoms with Gasteiger partial charge in [0.1, 0.15) is 5.82 Å². The number of aromatic nitrogens is 4. The first kappa shape index (κ1) is 21.7. The van der Waals surface area contributed by atoms with Crippen molar-refractivity contribution in [1.29, 1.82) is 0 Å². The summed E-state index contributed by atoms with van der Waals surface area (Å²) in [6, 6.07) is 3.00. The summed E-state index contributed by atoms with van der Waals surface area (Å²) in [7, 11) is 0. The van der Waals surface area contributed by atoms with E-state index in [1.165, 1.54) is 10.7 Å². The molecule has 2 atom stereocenters. The van der Waals surface area contributed by atoms with Crippen LogP contribution in [0.2, 0.25) is 0 Å². The van der Waals surface area contributed by atoms with Crippen LogP contribution in [0, 0.1) is 18.3 Å². The molecule has 1 aliphatic carbocycles. The fourth-order valence-electron chi connectivity index (χ4n) is 4.41. The second-order valence-electron chi connectivity index (χ2n) is 9.03. The van der Waals surface area contributed by atoms with Crippen molar-refractivity contribution < 1.29 is 9.59 Å². The number of hydrogen-bond donors (Lipinski definition) is 3. The Kier molecular flexibility index (Phi) is 6.09. The minimum Gasteiger partial charge on any atom is -0.345 e. The van der Waals surface area contributed by atoms with Crippen LogP contribution < -0.4 is 16.2 Å². The lowest BCUT2D eigenvalue weighted by molar-refractivity contribution is -0.137. The van der Waals surface area contributed by atoms with Crippen molar-refractivity contribution in [3.63, 3.8) is 0 Å². The highest BCUT2D eigenvalue weighted by molar-refractivity contribution is 6.39. The predicted octanol–water partition coefficient (Wildman–Crippen LogP) is 2.10. The van der Waals surface area contributed by atoms with Crippen molar-refractivity contribution in [3.05, 3.63) is 33.9 Å². The Balaban J connectivity index is 1.75. The highest BCUT2D eigenvalue weighted by Gasteiger charge is 2.33. The molecule has 2 aromatic rings. The number of H-pyrrole nitrogens is 1. The molecule has 0 spiro atoms. The van der Waals surface area contributed by atoms with E-state index in [4.69, 9.17) is 0 Å². The quantitative estimate of drug-likeness (QED) is 0.662. The number of carbonyl (C=O) groups is 2. The highest BCUT2D eigenvalue weighted by Crippen LogP contribution is 2.38. The van der Waals surface area contributed by atoms with Crippen LogP contribution in [0.3, 0.4) is 0 Å². The van der Waals surface area contributed by atoms with Gasteiger partial charge >= 0.3 is 11.8 Å². The molecule has 0 radical (unpaired) electrons. The summed E-state index contributed by atoms with van der Waals surface area (Å²) >= 11 is 0. The van der Waals surface area contributed by atoms with E-state index in [1.807, 2.05) is 6.92 Å². The van der Waals surface area contributed by atoms with Gasteiger partial charge in [-0.3, -0.25) is 19.4 Å². The Labute approximate surface area is 175 Å². The largest absolute Gasteiger partial charge is 0.345 e. The number of hydrogen-bond acceptors (Lipinski definition) is 5. The third-order valence-corrected chi connectivity index (χ3v) is 5.35. The van der Waals surface area contributed by atoms with E-state index in [9.17, 15) is 14.4 Å². The van der Waals surface area contributed by atoms with Gasteiger partial charge in [0.05, 0.1) is 5.69 Å². The summed E-state index contributed by atoms with van der Waals surface area (Å²) in [5.74, 6) is -0.521. The standard InChI is InChI=1S/C21H30N6O3/c1-6-14-9-17(28)25-20(23-14)27-16(8-13(3)26-27)24-19(30)18(29)22-15-7-12(2)10-21(4,5)11-15/h8-9,12,15H,6-7,10-11H2,1-5H3,(H,22,29)(H,24,30)(H,23,25,28)/t12-,15-/m1/s1. The van der Waals surface area contributed by atoms with Gasteiger partial charge in [-0.25, -0.2) is 4.98 Å². The van der Waals surface area contributed by atoms with Crippen molar-refractivity contribution in [2.24, 2.45) is 11.3 Å². The van der Waals surface area contributed by atoms with Gasteiger partial charge in [-0.15, -0.1) is 0 Å². The smallest absolute Gasteiger partial charge is 0.314 e. The summed E-state index contributed by atoms with van der Waals surface area (Å²) < 4.78 is 1.33. The molecular formula is C21H30N6O3. The van der Waals surface area contributed by atoms with E-state index in [1.54, 1.807) is 13.0 Å². The van der Waals surface area contributed by atoms with E-state index in [0.717, 1.165) is 19.3 Å². The number of anilines is 1. The molecule has 1 aliphatic rings. The van der Waals surface area contributed by atoms with Crippen LogP contribution in [0.25, 0.3) is 5.95 Å². The molecular weight excluding hydrogens is 384 g/mol. The van der Waals surface area contributed by atoms with E-state index >= 15 is 0 Å². The third-order valence-electron chi connectivity index (χ3n) is 5.35. The van der Waals surface area contributed by atoms with Crippen molar-refractivity contribution in [3.8, 4) is 5.95 Å². The number of nitrogens with one attached hydrogen (secondary N) is 3. The average Bonchev–Trinajstić information content (AvgIpc) is 2.99. The predicted molar refractivity (Wildman–Crippen MR) is 113 cm³/mol. The Hall–Kier alpha value is -2.97. The summed E-state index contributed by atoms with van der Waals surface area (Å²) in [4.78, 5) is 44.0. The van der Waals surface area contributed by atoms with Gasteiger partial charge < -0.3 is 10.6 Å². The molecule has 1 fully saturated rings. The van der Waals surface area contributed by atoms with Crippen LogP contribution in [-0.2, 0) is 16.0 Å². The molecule has 0 unspecified atom stereocenters. The minimum absolute atomic E-state index is 0.0343. The van der Waals surface area contributed by atoms with Gasteiger partial charge in [0.15, 0.2) is 0 Å². The summed E-state index contributed by atoms with van der Waals surface area (Å²) in [5, 5.41) is 9.75. The first-order valence-corrected chi connectivity index (χ1v) is 10.4. The van der Waals surface area contributed by atoms with Crippen LogP contribution in [0.5, 0.6) is 0 Å². The maximum absolute atomic E-state index is 12.6. The van der Waals surface area contributed by atoms with Gasteiger partial charge in [0, 0.05) is 23.9 Å². The molecule has 0 aliphatic heterocycles. The molecule has 30 heavy (non-hydrogen) atoms. The zero-order valence-electron chi connectivity index (χ0n) is 18.2. The van der Waals surface area contributed by atoms with Crippen molar-refractivity contribution >= 4 is 17.6 Å². The molecule has 3 N–H and O–H groups in total. The lowest BCUT2D eigenvalue weighted by Gasteiger charge is -2.39. The van der Waals surface area contributed by atoms with Crippen LogP contribution in [0.1, 0.15) is 58.3 Å². The molecule has 3 rings (SSSR count). The number of aromatic amines is 1. The molecule has 2 amide bonds. The maximum Gasteiger partial charge on any atom is 0.314 e. The number of amides is 2. The topological polar surface area (TPSA) is 122 Å². The summed E-state index contributed by atoms with van der Waals surface area (Å²) in [6.45, 7) is 10.2. The molecule has 162 valence electrons. The second-order valence-corrected chi connectivity index (χ2v) is 9.03. The molecule has 0 bridgehead atoms.